The highest BCUT2D eigenvalue weighted by molar-refractivity contribution is 6.00. The molecule has 1 aliphatic carbocycles. The third-order valence-electron chi connectivity index (χ3n) is 4.83. The second-order valence-corrected chi connectivity index (χ2v) is 7.64. The summed E-state index contributed by atoms with van der Waals surface area (Å²) < 4.78 is 0. The van der Waals surface area contributed by atoms with Crippen LogP contribution in [0.1, 0.15) is 49.9 Å². The first-order chi connectivity index (χ1) is 12.5. The second-order valence-electron chi connectivity index (χ2n) is 7.64. The number of likely N-dealkylation sites (tertiary alicyclic amines) is 1. The molecule has 1 saturated carbocycles. The van der Waals surface area contributed by atoms with Crippen LogP contribution in [0.3, 0.4) is 0 Å². The SMILES string of the molecule is CC(C)CNC(=O)C1CCCN1C(=O)c1cccc(NC(=O)C2CC2)c1. The van der Waals surface area contributed by atoms with Crippen molar-refractivity contribution in [3.05, 3.63) is 29.8 Å². The maximum Gasteiger partial charge on any atom is 0.254 e. The molecule has 1 atom stereocenters. The van der Waals surface area contributed by atoms with E-state index in [9.17, 15) is 14.4 Å². The van der Waals surface area contributed by atoms with E-state index in [2.05, 4.69) is 10.6 Å². The zero-order valence-corrected chi connectivity index (χ0v) is 15.5. The highest BCUT2D eigenvalue weighted by Gasteiger charge is 2.34. The van der Waals surface area contributed by atoms with Crippen LogP contribution in [0.2, 0.25) is 0 Å². The summed E-state index contributed by atoms with van der Waals surface area (Å²) in [6, 6.07) is 6.57. The molecule has 1 saturated heterocycles. The van der Waals surface area contributed by atoms with Crippen LogP contribution < -0.4 is 10.6 Å². The van der Waals surface area contributed by atoms with Crippen LogP contribution in [0.5, 0.6) is 0 Å². The fraction of sp³-hybridized carbons (Fsp3) is 0.550. The quantitative estimate of drug-likeness (QED) is 0.821. The number of nitrogens with one attached hydrogen (secondary N) is 2. The molecule has 2 fully saturated rings. The van der Waals surface area contributed by atoms with Gasteiger partial charge in [0.1, 0.15) is 6.04 Å². The maximum atomic E-state index is 12.9. The minimum atomic E-state index is -0.411. The van der Waals surface area contributed by atoms with E-state index in [0.29, 0.717) is 36.7 Å². The number of nitrogens with zero attached hydrogens (tertiary/aromatic N) is 1. The van der Waals surface area contributed by atoms with Crippen LogP contribution in [0.4, 0.5) is 5.69 Å². The molecule has 0 spiro atoms. The molecule has 1 unspecified atom stereocenters. The van der Waals surface area contributed by atoms with E-state index in [4.69, 9.17) is 0 Å². The Morgan fingerprint density at radius 2 is 1.92 bits per heavy atom. The maximum absolute atomic E-state index is 12.9. The summed E-state index contributed by atoms with van der Waals surface area (Å²) in [5.41, 5.74) is 1.13. The summed E-state index contributed by atoms with van der Waals surface area (Å²) in [6.07, 6.45) is 3.38. The zero-order valence-electron chi connectivity index (χ0n) is 15.5. The molecule has 2 aliphatic rings. The van der Waals surface area contributed by atoms with Gasteiger partial charge in [-0.2, -0.15) is 0 Å². The van der Waals surface area contributed by atoms with Gasteiger partial charge >= 0.3 is 0 Å². The number of benzene rings is 1. The average molecular weight is 357 g/mol. The standard InChI is InChI=1S/C20H27N3O3/c1-13(2)12-21-19(25)17-7-4-10-23(17)20(26)15-5-3-6-16(11-15)22-18(24)14-8-9-14/h3,5-6,11,13-14,17H,4,7-10,12H2,1-2H3,(H,21,25)(H,22,24). The Morgan fingerprint density at radius 1 is 1.15 bits per heavy atom. The van der Waals surface area contributed by atoms with Gasteiger partial charge in [0.05, 0.1) is 0 Å². The van der Waals surface area contributed by atoms with Gasteiger partial charge in [0, 0.05) is 30.3 Å². The highest BCUT2D eigenvalue weighted by atomic mass is 16.2. The molecule has 0 aromatic heterocycles. The van der Waals surface area contributed by atoms with Crippen molar-refractivity contribution in [1.29, 1.82) is 0 Å². The molecule has 0 bridgehead atoms. The summed E-state index contributed by atoms with van der Waals surface area (Å²) in [7, 11) is 0. The van der Waals surface area contributed by atoms with Gasteiger partial charge in [-0.3, -0.25) is 14.4 Å². The molecule has 2 N–H and O–H groups in total. The lowest BCUT2D eigenvalue weighted by atomic mass is 10.1. The summed E-state index contributed by atoms with van der Waals surface area (Å²) in [5, 5.41) is 5.79. The molecule has 140 valence electrons. The molecule has 1 heterocycles. The Morgan fingerprint density at radius 3 is 2.62 bits per heavy atom. The normalized spacial score (nSPS) is 19.5. The number of rotatable bonds is 6. The third kappa shape index (κ3) is 4.42. The lowest BCUT2D eigenvalue weighted by Gasteiger charge is -2.24. The molecular formula is C20H27N3O3. The molecule has 1 aliphatic heterocycles. The summed E-state index contributed by atoms with van der Waals surface area (Å²) >= 11 is 0. The van der Waals surface area contributed by atoms with Gasteiger partial charge in [-0.15, -0.1) is 0 Å². The third-order valence-corrected chi connectivity index (χ3v) is 4.83. The first kappa shape index (κ1) is 18.4. The molecular weight excluding hydrogens is 330 g/mol. The van der Waals surface area contributed by atoms with Crippen LogP contribution in [-0.2, 0) is 9.59 Å². The van der Waals surface area contributed by atoms with Crippen molar-refractivity contribution in [3.63, 3.8) is 0 Å². The first-order valence-corrected chi connectivity index (χ1v) is 9.45. The minimum Gasteiger partial charge on any atom is -0.354 e. The van der Waals surface area contributed by atoms with Crippen molar-refractivity contribution in [3.8, 4) is 0 Å². The molecule has 1 aromatic rings. The van der Waals surface area contributed by atoms with Crippen molar-refractivity contribution >= 4 is 23.4 Å². The molecule has 6 nitrogen and oxygen atoms in total. The average Bonchev–Trinajstić information content (AvgIpc) is 3.36. The second kappa shape index (κ2) is 7.89. The summed E-state index contributed by atoms with van der Waals surface area (Å²) in [4.78, 5) is 38.9. The van der Waals surface area contributed by atoms with Gasteiger partial charge in [0.2, 0.25) is 11.8 Å². The summed E-state index contributed by atoms with van der Waals surface area (Å²) in [5.74, 6) is 0.261. The van der Waals surface area contributed by atoms with E-state index in [0.717, 1.165) is 19.3 Å². The van der Waals surface area contributed by atoms with E-state index >= 15 is 0 Å². The fourth-order valence-corrected chi connectivity index (χ4v) is 3.19. The predicted molar refractivity (Wildman–Crippen MR) is 99.7 cm³/mol. The minimum absolute atomic E-state index is 0.0155. The van der Waals surface area contributed by atoms with Crippen LogP contribution in [0.15, 0.2) is 24.3 Å². The van der Waals surface area contributed by atoms with Gasteiger partial charge in [-0.25, -0.2) is 0 Å². The van der Waals surface area contributed by atoms with Crippen LogP contribution in [0, 0.1) is 11.8 Å². The predicted octanol–water partition coefficient (Wildman–Crippen LogP) is 2.41. The fourth-order valence-electron chi connectivity index (χ4n) is 3.19. The smallest absolute Gasteiger partial charge is 0.254 e. The van der Waals surface area contributed by atoms with Gasteiger partial charge < -0.3 is 15.5 Å². The number of amides is 3. The lowest BCUT2D eigenvalue weighted by molar-refractivity contribution is -0.125. The van der Waals surface area contributed by atoms with E-state index in [1.54, 1.807) is 29.2 Å². The monoisotopic (exact) mass is 357 g/mol. The first-order valence-electron chi connectivity index (χ1n) is 9.45. The van der Waals surface area contributed by atoms with Gasteiger partial charge in [0.15, 0.2) is 0 Å². The molecule has 6 heteroatoms. The molecule has 1 aromatic carbocycles. The van der Waals surface area contributed by atoms with Crippen LogP contribution in [-0.4, -0.2) is 41.8 Å². The van der Waals surface area contributed by atoms with Gasteiger partial charge in [0.25, 0.3) is 5.91 Å². The van der Waals surface area contributed by atoms with Gasteiger partial charge in [-0.1, -0.05) is 19.9 Å². The van der Waals surface area contributed by atoms with Crippen molar-refractivity contribution in [2.75, 3.05) is 18.4 Å². The highest BCUT2D eigenvalue weighted by Crippen LogP contribution is 2.30. The molecule has 3 amide bonds. The molecule has 3 rings (SSSR count). The molecule has 0 radical (unpaired) electrons. The molecule has 26 heavy (non-hydrogen) atoms. The number of hydrogen-bond acceptors (Lipinski definition) is 3. The topological polar surface area (TPSA) is 78.5 Å². The Kier molecular flexibility index (Phi) is 5.59. The largest absolute Gasteiger partial charge is 0.354 e. The van der Waals surface area contributed by atoms with Gasteiger partial charge in [-0.05, 0) is 49.8 Å². The summed E-state index contributed by atoms with van der Waals surface area (Å²) in [6.45, 7) is 5.27. The van der Waals surface area contributed by atoms with Crippen molar-refractivity contribution in [2.45, 2.75) is 45.6 Å². The van der Waals surface area contributed by atoms with Crippen molar-refractivity contribution < 1.29 is 14.4 Å². The Labute approximate surface area is 154 Å². The van der Waals surface area contributed by atoms with E-state index in [1.807, 2.05) is 13.8 Å². The van der Waals surface area contributed by atoms with E-state index in [1.165, 1.54) is 0 Å². The lowest BCUT2D eigenvalue weighted by Crippen LogP contribution is -2.46. The number of hydrogen-bond donors (Lipinski definition) is 2. The Hall–Kier alpha value is -2.37. The number of carbonyl (C=O) groups is 3. The number of carbonyl (C=O) groups excluding carboxylic acids is 3. The van der Waals surface area contributed by atoms with Crippen LogP contribution >= 0.6 is 0 Å². The van der Waals surface area contributed by atoms with Crippen molar-refractivity contribution in [2.24, 2.45) is 11.8 Å². The van der Waals surface area contributed by atoms with Crippen molar-refractivity contribution in [1.82, 2.24) is 10.2 Å². The number of anilines is 1. The van der Waals surface area contributed by atoms with E-state index < -0.39 is 6.04 Å². The van der Waals surface area contributed by atoms with E-state index in [-0.39, 0.29) is 23.6 Å². The van der Waals surface area contributed by atoms with Crippen LogP contribution in [0.25, 0.3) is 0 Å². The zero-order chi connectivity index (χ0) is 18.7. The Balaban J connectivity index is 1.67. The Bertz CT molecular complexity index is 697.